The van der Waals surface area contributed by atoms with Gasteiger partial charge < -0.3 is 9.84 Å². The summed E-state index contributed by atoms with van der Waals surface area (Å²) in [6.45, 7) is 3.80. The molecule has 1 heterocycles. The van der Waals surface area contributed by atoms with Crippen molar-refractivity contribution in [3.63, 3.8) is 0 Å². The van der Waals surface area contributed by atoms with E-state index < -0.39 is 5.79 Å². The van der Waals surface area contributed by atoms with Crippen LogP contribution in [0, 0.1) is 0 Å². The summed E-state index contributed by atoms with van der Waals surface area (Å²) in [6, 6.07) is 0. The Kier molecular flexibility index (Phi) is 1.78. The second-order valence-corrected chi connectivity index (χ2v) is 2.86. The van der Waals surface area contributed by atoms with Gasteiger partial charge in [0.2, 0.25) is 0 Å². The second-order valence-electron chi connectivity index (χ2n) is 2.86. The van der Waals surface area contributed by atoms with Crippen LogP contribution in [-0.2, 0) is 4.74 Å². The zero-order chi connectivity index (χ0) is 6.91. The smallest absolute Gasteiger partial charge is 0.163 e. The topological polar surface area (TPSA) is 29.5 Å². The van der Waals surface area contributed by atoms with Gasteiger partial charge in [-0.1, -0.05) is 6.92 Å². The molecular formula is C7H14O2. The van der Waals surface area contributed by atoms with E-state index in [1.165, 1.54) is 0 Å². The maximum Gasteiger partial charge on any atom is 0.163 e. The highest BCUT2D eigenvalue weighted by Crippen LogP contribution is 2.28. The lowest BCUT2D eigenvalue weighted by Crippen LogP contribution is -2.23. The van der Waals surface area contributed by atoms with Crippen molar-refractivity contribution in [2.24, 2.45) is 0 Å². The van der Waals surface area contributed by atoms with Crippen LogP contribution < -0.4 is 0 Å². The summed E-state index contributed by atoms with van der Waals surface area (Å²) in [7, 11) is 0. The summed E-state index contributed by atoms with van der Waals surface area (Å²) in [5.74, 6) is -0.833. The van der Waals surface area contributed by atoms with Gasteiger partial charge in [-0.25, -0.2) is 0 Å². The second kappa shape index (κ2) is 2.27. The molecule has 0 aromatic carbocycles. The molecule has 0 saturated carbocycles. The average molecular weight is 130 g/mol. The molecule has 0 aromatic heterocycles. The van der Waals surface area contributed by atoms with Crippen LogP contribution in [0.1, 0.15) is 33.1 Å². The third kappa shape index (κ3) is 1.66. The fourth-order valence-electron chi connectivity index (χ4n) is 1.19. The molecule has 2 atom stereocenters. The molecule has 0 aliphatic carbocycles. The highest BCUT2D eigenvalue weighted by molar-refractivity contribution is 4.74. The van der Waals surface area contributed by atoms with Gasteiger partial charge in [0.05, 0.1) is 6.10 Å². The first kappa shape index (κ1) is 7.03. The molecule has 0 amide bonds. The van der Waals surface area contributed by atoms with Crippen molar-refractivity contribution in [3.05, 3.63) is 0 Å². The maximum absolute atomic E-state index is 9.27. The first-order valence-electron chi connectivity index (χ1n) is 3.54. The summed E-state index contributed by atoms with van der Waals surface area (Å²) >= 11 is 0. The predicted molar refractivity (Wildman–Crippen MR) is 35.0 cm³/mol. The Labute approximate surface area is 55.8 Å². The van der Waals surface area contributed by atoms with Crippen LogP contribution in [0.2, 0.25) is 0 Å². The van der Waals surface area contributed by atoms with E-state index in [2.05, 4.69) is 6.92 Å². The van der Waals surface area contributed by atoms with Gasteiger partial charge in [-0.3, -0.25) is 0 Å². The highest BCUT2D eigenvalue weighted by atomic mass is 16.6. The fraction of sp³-hybridized carbons (Fsp3) is 1.00. The summed E-state index contributed by atoms with van der Waals surface area (Å²) in [5, 5.41) is 9.27. The van der Waals surface area contributed by atoms with Gasteiger partial charge in [-0.15, -0.1) is 0 Å². The Morgan fingerprint density at radius 3 is 2.67 bits per heavy atom. The van der Waals surface area contributed by atoms with E-state index in [1.807, 2.05) is 0 Å². The van der Waals surface area contributed by atoms with Crippen molar-refractivity contribution >= 4 is 0 Å². The van der Waals surface area contributed by atoms with Gasteiger partial charge in [0.15, 0.2) is 5.79 Å². The largest absolute Gasteiger partial charge is 0.366 e. The van der Waals surface area contributed by atoms with E-state index in [0.717, 1.165) is 19.3 Å². The number of hydrogen-bond donors (Lipinski definition) is 1. The summed E-state index contributed by atoms with van der Waals surface area (Å²) in [4.78, 5) is 0. The lowest BCUT2D eigenvalue weighted by molar-refractivity contribution is -0.178. The molecule has 2 nitrogen and oxygen atoms in total. The van der Waals surface area contributed by atoms with Crippen LogP contribution in [0.25, 0.3) is 0 Å². The van der Waals surface area contributed by atoms with Crippen molar-refractivity contribution in [2.75, 3.05) is 0 Å². The van der Waals surface area contributed by atoms with Crippen LogP contribution >= 0.6 is 0 Å². The molecule has 1 saturated heterocycles. The Bertz CT molecular complexity index is 99.1. The lowest BCUT2D eigenvalue weighted by atomic mass is 10.1. The predicted octanol–water partition coefficient (Wildman–Crippen LogP) is 1.28. The van der Waals surface area contributed by atoms with E-state index >= 15 is 0 Å². The fourth-order valence-corrected chi connectivity index (χ4v) is 1.19. The van der Waals surface area contributed by atoms with Crippen LogP contribution in [0.3, 0.4) is 0 Å². The van der Waals surface area contributed by atoms with Gasteiger partial charge in [-0.05, 0) is 19.8 Å². The minimum absolute atomic E-state index is 0.292. The molecule has 0 aromatic rings. The van der Waals surface area contributed by atoms with E-state index in [-0.39, 0.29) is 0 Å². The van der Waals surface area contributed by atoms with Gasteiger partial charge in [0.1, 0.15) is 0 Å². The first-order chi connectivity index (χ1) is 4.14. The summed E-state index contributed by atoms with van der Waals surface area (Å²) in [6.07, 6.45) is 3.09. The Morgan fingerprint density at radius 1 is 1.78 bits per heavy atom. The molecule has 54 valence electrons. The number of hydrogen-bond acceptors (Lipinski definition) is 2. The Hall–Kier alpha value is -0.0800. The zero-order valence-electron chi connectivity index (χ0n) is 6.05. The molecule has 1 aliphatic heterocycles. The molecule has 1 N–H and O–H groups in total. The van der Waals surface area contributed by atoms with E-state index in [9.17, 15) is 5.11 Å². The monoisotopic (exact) mass is 130 g/mol. The number of aliphatic hydroxyl groups is 1. The van der Waals surface area contributed by atoms with E-state index in [0.29, 0.717) is 6.10 Å². The molecule has 1 aliphatic rings. The first-order valence-corrected chi connectivity index (χ1v) is 3.54. The Morgan fingerprint density at radius 2 is 2.44 bits per heavy atom. The van der Waals surface area contributed by atoms with Crippen LogP contribution in [0.15, 0.2) is 0 Å². The van der Waals surface area contributed by atoms with Crippen molar-refractivity contribution in [2.45, 2.75) is 45.0 Å². The quantitative estimate of drug-likeness (QED) is 0.579. The maximum atomic E-state index is 9.27. The van der Waals surface area contributed by atoms with Crippen LogP contribution in [0.5, 0.6) is 0 Å². The number of ether oxygens (including phenoxy) is 1. The Balaban J connectivity index is 2.38. The molecule has 2 heteroatoms. The molecule has 1 fully saturated rings. The minimum Gasteiger partial charge on any atom is -0.366 e. The molecule has 2 unspecified atom stereocenters. The van der Waals surface area contributed by atoms with Gasteiger partial charge in [0.25, 0.3) is 0 Å². The lowest BCUT2D eigenvalue weighted by Gasteiger charge is -2.16. The van der Waals surface area contributed by atoms with Gasteiger partial charge in [0, 0.05) is 6.42 Å². The van der Waals surface area contributed by atoms with Gasteiger partial charge >= 0.3 is 0 Å². The molecule has 0 bridgehead atoms. The van der Waals surface area contributed by atoms with E-state index in [4.69, 9.17) is 4.74 Å². The van der Waals surface area contributed by atoms with Crippen LogP contribution in [0.4, 0.5) is 0 Å². The van der Waals surface area contributed by atoms with Crippen molar-refractivity contribution in [3.8, 4) is 0 Å². The third-order valence-corrected chi connectivity index (χ3v) is 1.81. The molecule has 0 spiro atoms. The van der Waals surface area contributed by atoms with E-state index in [1.54, 1.807) is 6.92 Å². The van der Waals surface area contributed by atoms with Crippen LogP contribution in [-0.4, -0.2) is 17.0 Å². The summed E-state index contributed by atoms with van der Waals surface area (Å²) < 4.78 is 5.25. The SMILES string of the molecule is CCC1CCC(C)(O)O1. The molecule has 0 radical (unpaired) electrons. The van der Waals surface area contributed by atoms with Crippen molar-refractivity contribution in [1.82, 2.24) is 0 Å². The van der Waals surface area contributed by atoms with Gasteiger partial charge in [-0.2, -0.15) is 0 Å². The minimum atomic E-state index is -0.833. The summed E-state index contributed by atoms with van der Waals surface area (Å²) in [5.41, 5.74) is 0. The standard InChI is InChI=1S/C7H14O2/c1-3-6-4-5-7(2,8)9-6/h6,8H,3-5H2,1-2H3. The number of rotatable bonds is 1. The van der Waals surface area contributed by atoms with Crippen molar-refractivity contribution < 1.29 is 9.84 Å². The molecule has 9 heavy (non-hydrogen) atoms. The zero-order valence-corrected chi connectivity index (χ0v) is 6.05. The highest BCUT2D eigenvalue weighted by Gasteiger charge is 2.32. The third-order valence-electron chi connectivity index (χ3n) is 1.81. The molecule has 1 rings (SSSR count). The van der Waals surface area contributed by atoms with Crippen molar-refractivity contribution in [1.29, 1.82) is 0 Å². The normalized spacial score (nSPS) is 43.7. The molecular weight excluding hydrogens is 116 g/mol. The average Bonchev–Trinajstić information content (AvgIpc) is 2.10.